The summed E-state index contributed by atoms with van der Waals surface area (Å²) in [6, 6.07) is 6.16. The summed E-state index contributed by atoms with van der Waals surface area (Å²) in [4.78, 5) is 12.6. The largest absolute Gasteiger partial charge is 0.493 e. The fourth-order valence-electron chi connectivity index (χ4n) is 3.49. The third kappa shape index (κ3) is 4.73. The maximum atomic E-state index is 12.6. The lowest BCUT2D eigenvalue weighted by molar-refractivity contribution is -0.128. The Bertz CT molecular complexity index is 591. The summed E-state index contributed by atoms with van der Waals surface area (Å²) >= 11 is 0. The van der Waals surface area contributed by atoms with Crippen LogP contribution in [0.3, 0.4) is 0 Å². The molecule has 1 aromatic rings. The Morgan fingerprint density at radius 2 is 2.32 bits per heavy atom. The highest BCUT2D eigenvalue weighted by molar-refractivity contribution is 5.86. The molecule has 2 aliphatic heterocycles. The topological polar surface area (TPSA) is 59.6 Å². The molecule has 0 radical (unpaired) electrons. The van der Waals surface area contributed by atoms with Gasteiger partial charge in [-0.25, -0.2) is 0 Å². The Labute approximate surface area is 150 Å². The molecule has 25 heavy (non-hydrogen) atoms. The standard InChI is InChI=1S/C20H30N2O3/c1-15-5-6-17(18(11-15)25-14-16-7-10-24-13-16)12-21-19(23)20(2)8-3-4-9-22-20/h5-6,11,16,22H,3-4,7-10,12-14H2,1-2H3,(H,21,23)/t16-,20-/m1/s1. The van der Waals surface area contributed by atoms with E-state index in [0.717, 1.165) is 62.3 Å². The van der Waals surface area contributed by atoms with Gasteiger partial charge in [-0.1, -0.05) is 12.1 Å². The Hall–Kier alpha value is -1.59. The average molecular weight is 346 g/mol. The second-order valence-corrected chi connectivity index (χ2v) is 7.55. The van der Waals surface area contributed by atoms with Crippen LogP contribution in [0.5, 0.6) is 5.75 Å². The van der Waals surface area contributed by atoms with Crippen LogP contribution in [0.1, 0.15) is 43.7 Å². The minimum atomic E-state index is -0.453. The number of carbonyl (C=O) groups is 1. The Kier molecular flexibility index (Phi) is 5.97. The molecule has 3 rings (SSSR count). The van der Waals surface area contributed by atoms with Gasteiger partial charge in [-0.05, 0) is 57.7 Å². The molecule has 0 aliphatic carbocycles. The summed E-state index contributed by atoms with van der Waals surface area (Å²) in [5, 5.41) is 6.45. The monoisotopic (exact) mass is 346 g/mol. The van der Waals surface area contributed by atoms with E-state index in [9.17, 15) is 4.79 Å². The number of carbonyl (C=O) groups excluding carboxylic acids is 1. The van der Waals surface area contributed by atoms with Crippen molar-refractivity contribution in [2.24, 2.45) is 5.92 Å². The van der Waals surface area contributed by atoms with Crippen LogP contribution in [-0.4, -0.2) is 37.8 Å². The number of piperidine rings is 1. The molecule has 2 atom stereocenters. The Morgan fingerprint density at radius 1 is 1.44 bits per heavy atom. The van der Waals surface area contributed by atoms with Crippen LogP contribution >= 0.6 is 0 Å². The minimum absolute atomic E-state index is 0.0721. The van der Waals surface area contributed by atoms with Crippen molar-refractivity contribution in [3.63, 3.8) is 0 Å². The zero-order valence-electron chi connectivity index (χ0n) is 15.4. The van der Waals surface area contributed by atoms with E-state index < -0.39 is 5.54 Å². The minimum Gasteiger partial charge on any atom is -0.493 e. The van der Waals surface area contributed by atoms with E-state index in [4.69, 9.17) is 9.47 Å². The smallest absolute Gasteiger partial charge is 0.240 e. The molecule has 5 nitrogen and oxygen atoms in total. The van der Waals surface area contributed by atoms with Gasteiger partial charge in [-0.3, -0.25) is 4.79 Å². The second kappa shape index (κ2) is 8.19. The van der Waals surface area contributed by atoms with Gasteiger partial charge in [0, 0.05) is 24.6 Å². The quantitative estimate of drug-likeness (QED) is 0.831. The molecule has 0 unspecified atom stereocenters. The maximum absolute atomic E-state index is 12.6. The van der Waals surface area contributed by atoms with Crippen molar-refractivity contribution in [1.82, 2.24) is 10.6 Å². The van der Waals surface area contributed by atoms with Gasteiger partial charge in [0.1, 0.15) is 5.75 Å². The average Bonchev–Trinajstić information content (AvgIpc) is 3.13. The van der Waals surface area contributed by atoms with Gasteiger partial charge >= 0.3 is 0 Å². The molecular weight excluding hydrogens is 316 g/mol. The maximum Gasteiger partial charge on any atom is 0.240 e. The van der Waals surface area contributed by atoms with Crippen LogP contribution in [-0.2, 0) is 16.1 Å². The molecule has 2 saturated heterocycles. The van der Waals surface area contributed by atoms with Crippen molar-refractivity contribution in [2.45, 2.75) is 51.6 Å². The molecule has 0 bridgehead atoms. The van der Waals surface area contributed by atoms with Crippen molar-refractivity contribution in [1.29, 1.82) is 0 Å². The van der Waals surface area contributed by atoms with Gasteiger partial charge in [0.05, 0.1) is 18.8 Å². The van der Waals surface area contributed by atoms with Crippen LogP contribution < -0.4 is 15.4 Å². The molecule has 138 valence electrons. The van der Waals surface area contributed by atoms with Gasteiger partial charge in [-0.2, -0.15) is 0 Å². The number of aryl methyl sites for hydroxylation is 1. The molecule has 0 saturated carbocycles. The van der Waals surface area contributed by atoms with Crippen LogP contribution in [0.2, 0.25) is 0 Å². The first-order chi connectivity index (χ1) is 12.1. The number of amides is 1. The third-order valence-corrected chi connectivity index (χ3v) is 5.28. The molecule has 0 aromatic heterocycles. The number of rotatable bonds is 6. The summed E-state index contributed by atoms with van der Waals surface area (Å²) in [6.45, 7) is 7.73. The first kappa shape index (κ1) is 18.2. The highest BCUT2D eigenvalue weighted by Crippen LogP contribution is 2.24. The van der Waals surface area contributed by atoms with Crippen molar-refractivity contribution >= 4 is 5.91 Å². The van der Waals surface area contributed by atoms with Crippen LogP contribution in [0.25, 0.3) is 0 Å². The zero-order chi connectivity index (χ0) is 17.7. The van der Waals surface area contributed by atoms with E-state index in [-0.39, 0.29) is 5.91 Å². The van der Waals surface area contributed by atoms with E-state index in [2.05, 4.69) is 29.7 Å². The van der Waals surface area contributed by atoms with Crippen LogP contribution in [0.15, 0.2) is 18.2 Å². The Balaban J connectivity index is 1.60. The summed E-state index contributed by atoms with van der Waals surface area (Å²) < 4.78 is 11.5. The van der Waals surface area contributed by atoms with Crippen molar-refractivity contribution < 1.29 is 14.3 Å². The van der Waals surface area contributed by atoms with Gasteiger partial charge < -0.3 is 20.1 Å². The lowest BCUT2D eigenvalue weighted by Gasteiger charge is -2.33. The van der Waals surface area contributed by atoms with E-state index in [1.807, 2.05) is 13.0 Å². The highest BCUT2D eigenvalue weighted by atomic mass is 16.5. The summed E-state index contributed by atoms with van der Waals surface area (Å²) in [6.07, 6.45) is 4.18. The van der Waals surface area contributed by atoms with Crippen molar-refractivity contribution in [2.75, 3.05) is 26.4 Å². The van der Waals surface area contributed by atoms with Crippen molar-refractivity contribution in [3.05, 3.63) is 29.3 Å². The number of ether oxygens (including phenoxy) is 2. The molecule has 2 heterocycles. The predicted octanol–water partition coefficient (Wildman–Crippen LogP) is 2.56. The first-order valence-corrected chi connectivity index (χ1v) is 9.40. The first-order valence-electron chi connectivity index (χ1n) is 9.40. The Morgan fingerprint density at radius 3 is 3.04 bits per heavy atom. The number of hydrogen-bond donors (Lipinski definition) is 2. The SMILES string of the molecule is Cc1ccc(CNC(=O)[C@@]2(C)CCCCN2)c(OC[C@@H]2CCOC2)c1. The normalized spacial score (nSPS) is 26.4. The summed E-state index contributed by atoms with van der Waals surface area (Å²) in [7, 11) is 0. The lowest BCUT2D eigenvalue weighted by atomic mass is 9.90. The molecule has 2 aliphatic rings. The van der Waals surface area contributed by atoms with E-state index in [0.29, 0.717) is 19.1 Å². The summed E-state index contributed by atoms with van der Waals surface area (Å²) in [5.41, 5.74) is 1.73. The van der Waals surface area contributed by atoms with E-state index in [1.54, 1.807) is 0 Å². The fraction of sp³-hybridized carbons (Fsp3) is 0.650. The number of hydrogen-bond acceptors (Lipinski definition) is 4. The van der Waals surface area contributed by atoms with Crippen LogP contribution in [0, 0.1) is 12.8 Å². The molecular formula is C20H30N2O3. The van der Waals surface area contributed by atoms with E-state index >= 15 is 0 Å². The van der Waals surface area contributed by atoms with E-state index in [1.165, 1.54) is 0 Å². The predicted molar refractivity (Wildman–Crippen MR) is 97.7 cm³/mol. The van der Waals surface area contributed by atoms with Gasteiger partial charge in [-0.15, -0.1) is 0 Å². The number of nitrogens with one attached hydrogen (secondary N) is 2. The zero-order valence-corrected chi connectivity index (χ0v) is 15.4. The third-order valence-electron chi connectivity index (χ3n) is 5.28. The van der Waals surface area contributed by atoms with Gasteiger partial charge in [0.15, 0.2) is 0 Å². The highest BCUT2D eigenvalue weighted by Gasteiger charge is 2.34. The molecule has 1 amide bonds. The van der Waals surface area contributed by atoms with Gasteiger partial charge in [0.2, 0.25) is 5.91 Å². The molecule has 1 aromatic carbocycles. The second-order valence-electron chi connectivity index (χ2n) is 7.55. The molecule has 0 spiro atoms. The van der Waals surface area contributed by atoms with Crippen LogP contribution in [0.4, 0.5) is 0 Å². The molecule has 2 N–H and O–H groups in total. The number of benzene rings is 1. The fourth-order valence-corrected chi connectivity index (χ4v) is 3.49. The molecule has 5 heteroatoms. The van der Waals surface area contributed by atoms with Gasteiger partial charge in [0.25, 0.3) is 0 Å². The van der Waals surface area contributed by atoms with Crippen molar-refractivity contribution in [3.8, 4) is 5.75 Å². The lowest BCUT2D eigenvalue weighted by Crippen LogP contribution is -2.56. The summed E-state index contributed by atoms with van der Waals surface area (Å²) in [5.74, 6) is 1.41. The molecule has 2 fully saturated rings.